The van der Waals surface area contributed by atoms with E-state index in [0.29, 0.717) is 56.3 Å². The van der Waals surface area contributed by atoms with Crippen molar-refractivity contribution in [2.24, 2.45) is 11.7 Å². The normalized spacial score (nSPS) is 24.9. The maximum absolute atomic E-state index is 14.4. The molecule has 0 bridgehead atoms. The monoisotopic (exact) mass is 489 g/mol. The molecule has 0 spiro atoms. The van der Waals surface area contributed by atoms with Crippen molar-refractivity contribution in [2.75, 3.05) is 17.2 Å². The number of rotatable bonds is 6. The third-order valence-corrected chi connectivity index (χ3v) is 6.66. The zero-order valence-electron chi connectivity index (χ0n) is 18.9. The molecule has 35 heavy (non-hydrogen) atoms. The second-order valence-electron chi connectivity index (χ2n) is 8.95. The number of hydrogen-bond donors (Lipinski definition) is 3. The van der Waals surface area contributed by atoms with Gasteiger partial charge < -0.3 is 21.1 Å². The summed E-state index contributed by atoms with van der Waals surface area (Å²) in [6, 6.07) is 2.84. The number of imidazole rings is 1. The van der Waals surface area contributed by atoms with Gasteiger partial charge in [0.05, 0.1) is 18.8 Å². The van der Waals surface area contributed by atoms with Crippen LogP contribution in [0.3, 0.4) is 0 Å². The molecule has 1 aromatic carbocycles. The van der Waals surface area contributed by atoms with Gasteiger partial charge in [0.1, 0.15) is 22.8 Å². The standard InChI is InChI=1S/C23H26F3N7O2/c24-14-3-1-4-15(25)18(14)31-23-30-17-11-28-22(29-16-5-2-10-35-19(16)26)32-21(17)33(23)13-8-6-12(7-9-13)20(27)34/h1,3-4,11-13,16,19H,2,5-10H2,(H2,27,34)(H,30,31)(H,28,29,32)/t12-,13+,16-,19-/m1/s1. The molecular weight excluding hydrogens is 463 g/mol. The summed E-state index contributed by atoms with van der Waals surface area (Å²) in [7, 11) is 0. The number of benzene rings is 1. The molecule has 186 valence electrons. The van der Waals surface area contributed by atoms with Crippen molar-refractivity contribution >= 4 is 34.7 Å². The Bertz CT molecular complexity index is 1210. The number of halogens is 3. The highest BCUT2D eigenvalue weighted by Crippen LogP contribution is 2.37. The number of ether oxygens (including phenoxy) is 1. The Labute approximate surface area is 199 Å². The topological polar surface area (TPSA) is 120 Å². The summed E-state index contributed by atoms with van der Waals surface area (Å²) in [6.45, 7) is 0.363. The number of hydrogen-bond acceptors (Lipinski definition) is 7. The smallest absolute Gasteiger partial charge is 0.225 e. The average molecular weight is 490 g/mol. The van der Waals surface area contributed by atoms with Crippen LogP contribution in [0.5, 0.6) is 0 Å². The van der Waals surface area contributed by atoms with E-state index in [1.165, 1.54) is 12.3 Å². The molecule has 1 amide bonds. The molecule has 1 saturated carbocycles. The molecule has 3 aromatic rings. The van der Waals surface area contributed by atoms with Crippen LogP contribution in [0.25, 0.3) is 11.2 Å². The van der Waals surface area contributed by atoms with Gasteiger partial charge in [0.15, 0.2) is 5.65 Å². The number of nitrogens with two attached hydrogens (primary N) is 1. The van der Waals surface area contributed by atoms with E-state index in [2.05, 4.69) is 25.6 Å². The Hall–Kier alpha value is -3.41. The molecule has 2 fully saturated rings. The lowest BCUT2D eigenvalue weighted by Crippen LogP contribution is -2.37. The van der Waals surface area contributed by atoms with Gasteiger partial charge in [0.2, 0.25) is 24.2 Å². The van der Waals surface area contributed by atoms with Gasteiger partial charge in [-0.05, 0) is 50.7 Å². The minimum absolute atomic E-state index is 0.150. The summed E-state index contributed by atoms with van der Waals surface area (Å²) >= 11 is 0. The minimum Gasteiger partial charge on any atom is -0.369 e. The second-order valence-corrected chi connectivity index (χ2v) is 8.95. The largest absolute Gasteiger partial charge is 0.369 e. The highest BCUT2D eigenvalue weighted by atomic mass is 19.1. The number of nitrogens with one attached hydrogen (secondary N) is 2. The van der Waals surface area contributed by atoms with Gasteiger partial charge in [0.25, 0.3) is 0 Å². The van der Waals surface area contributed by atoms with Gasteiger partial charge in [-0.3, -0.25) is 9.36 Å². The van der Waals surface area contributed by atoms with E-state index in [4.69, 9.17) is 10.5 Å². The number of anilines is 3. The van der Waals surface area contributed by atoms with E-state index in [9.17, 15) is 18.0 Å². The van der Waals surface area contributed by atoms with E-state index >= 15 is 0 Å². The summed E-state index contributed by atoms with van der Waals surface area (Å²) < 4.78 is 49.8. The molecule has 0 radical (unpaired) electrons. The number of nitrogens with zero attached hydrogens (tertiary/aromatic N) is 4. The summed E-state index contributed by atoms with van der Waals surface area (Å²) in [5, 5.41) is 5.77. The summed E-state index contributed by atoms with van der Waals surface area (Å²) in [5.74, 6) is -1.69. The van der Waals surface area contributed by atoms with Crippen LogP contribution in [-0.2, 0) is 9.53 Å². The van der Waals surface area contributed by atoms with Crippen LogP contribution in [0.1, 0.15) is 44.6 Å². The molecular formula is C23H26F3N7O2. The maximum atomic E-state index is 14.4. The zero-order valence-corrected chi connectivity index (χ0v) is 18.9. The number of alkyl halides is 1. The summed E-state index contributed by atoms with van der Waals surface area (Å²) in [5.41, 5.74) is 5.98. The lowest BCUT2D eigenvalue weighted by atomic mass is 9.85. The predicted octanol–water partition coefficient (Wildman–Crippen LogP) is 3.95. The van der Waals surface area contributed by atoms with E-state index in [-0.39, 0.29) is 35.5 Å². The molecule has 1 aliphatic carbocycles. The van der Waals surface area contributed by atoms with Crippen molar-refractivity contribution in [1.82, 2.24) is 19.5 Å². The van der Waals surface area contributed by atoms with Crippen LogP contribution in [0, 0.1) is 17.6 Å². The first kappa shape index (κ1) is 23.3. The van der Waals surface area contributed by atoms with Gasteiger partial charge in [-0.15, -0.1) is 0 Å². The first-order valence-electron chi connectivity index (χ1n) is 11.7. The van der Waals surface area contributed by atoms with E-state index in [1.54, 1.807) is 4.57 Å². The van der Waals surface area contributed by atoms with Crippen LogP contribution < -0.4 is 16.4 Å². The highest BCUT2D eigenvalue weighted by molar-refractivity contribution is 5.78. The molecule has 1 aliphatic heterocycles. The Morgan fingerprint density at radius 1 is 1.11 bits per heavy atom. The Kier molecular flexibility index (Phi) is 6.46. The molecule has 12 heteroatoms. The van der Waals surface area contributed by atoms with Crippen molar-refractivity contribution in [3.63, 3.8) is 0 Å². The lowest BCUT2D eigenvalue weighted by molar-refractivity contribution is -0.122. The van der Waals surface area contributed by atoms with Crippen LogP contribution >= 0.6 is 0 Å². The number of amides is 1. The zero-order chi connectivity index (χ0) is 24.5. The maximum Gasteiger partial charge on any atom is 0.225 e. The van der Waals surface area contributed by atoms with Crippen molar-refractivity contribution < 1.29 is 22.7 Å². The van der Waals surface area contributed by atoms with Crippen LogP contribution in [0.2, 0.25) is 0 Å². The van der Waals surface area contributed by atoms with Gasteiger partial charge in [0, 0.05) is 12.0 Å². The first-order chi connectivity index (χ1) is 16.9. The Balaban J connectivity index is 1.52. The molecule has 9 nitrogen and oxygen atoms in total. The van der Waals surface area contributed by atoms with Crippen LogP contribution in [-0.4, -0.2) is 44.4 Å². The highest BCUT2D eigenvalue weighted by Gasteiger charge is 2.30. The van der Waals surface area contributed by atoms with Crippen molar-refractivity contribution in [1.29, 1.82) is 0 Å². The Morgan fingerprint density at radius 2 is 1.86 bits per heavy atom. The number of para-hydroxylation sites is 1. The molecule has 2 atom stereocenters. The molecule has 3 heterocycles. The third kappa shape index (κ3) is 4.75. The quantitative estimate of drug-likeness (QED) is 0.480. The fourth-order valence-corrected chi connectivity index (χ4v) is 4.79. The van der Waals surface area contributed by atoms with E-state index in [0.717, 1.165) is 12.1 Å². The third-order valence-electron chi connectivity index (χ3n) is 6.66. The molecule has 2 aromatic heterocycles. The fourth-order valence-electron chi connectivity index (χ4n) is 4.79. The number of primary amides is 1. The number of carbonyl (C=O) groups excluding carboxylic acids is 1. The SMILES string of the molecule is NC(=O)[C@H]1CC[C@@H](n2c(Nc3c(F)cccc3F)nc3cnc(N[C@@H]4CCCO[C@H]4F)nc32)CC1. The van der Waals surface area contributed by atoms with Gasteiger partial charge in [-0.25, -0.2) is 23.1 Å². The van der Waals surface area contributed by atoms with Crippen molar-refractivity contribution in [3.05, 3.63) is 36.0 Å². The van der Waals surface area contributed by atoms with Crippen LogP contribution in [0.4, 0.5) is 30.8 Å². The fraction of sp³-hybridized carbons (Fsp3) is 0.478. The minimum atomic E-state index is -1.47. The summed E-state index contributed by atoms with van der Waals surface area (Å²) in [4.78, 5) is 25.0. The van der Waals surface area contributed by atoms with Crippen LogP contribution in [0.15, 0.2) is 24.4 Å². The number of fused-ring (bicyclic) bond motifs is 1. The Morgan fingerprint density at radius 3 is 2.54 bits per heavy atom. The average Bonchev–Trinajstić information content (AvgIpc) is 3.20. The van der Waals surface area contributed by atoms with Gasteiger partial charge in [-0.2, -0.15) is 4.98 Å². The van der Waals surface area contributed by atoms with E-state index < -0.39 is 24.0 Å². The first-order valence-corrected chi connectivity index (χ1v) is 11.7. The number of aromatic nitrogens is 4. The number of carbonyl (C=O) groups is 1. The lowest BCUT2D eigenvalue weighted by Gasteiger charge is -2.29. The van der Waals surface area contributed by atoms with Gasteiger partial charge in [-0.1, -0.05) is 6.07 Å². The van der Waals surface area contributed by atoms with Crippen molar-refractivity contribution in [2.45, 2.75) is 57.0 Å². The summed E-state index contributed by atoms with van der Waals surface area (Å²) in [6.07, 6.45) is 3.64. The molecule has 1 saturated heterocycles. The molecule has 4 N–H and O–H groups in total. The molecule has 2 aliphatic rings. The molecule has 5 rings (SSSR count). The van der Waals surface area contributed by atoms with E-state index in [1.807, 2.05) is 0 Å². The van der Waals surface area contributed by atoms with Gasteiger partial charge >= 0.3 is 0 Å². The van der Waals surface area contributed by atoms with Crippen molar-refractivity contribution in [3.8, 4) is 0 Å². The predicted molar refractivity (Wildman–Crippen MR) is 123 cm³/mol. The molecule has 0 unspecified atom stereocenters. The second kappa shape index (κ2) is 9.68.